The highest BCUT2D eigenvalue weighted by Gasteiger charge is 2.20. The van der Waals surface area contributed by atoms with Gasteiger partial charge in [-0.15, -0.1) is 22.7 Å². The minimum absolute atomic E-state index is 1.09. The summed E-state index contributed by atoms with van der Waals surface area (Å²) in [6.07, 6.45) is 1.89. The first-order chi connectivity index (χ1) is 16.4. The van der Waals surface area contributed by atoms with Gasteiger partial charge in [0.15, 0.2) is 0 Å². The summed E-state index contributed by atoms with van der Waals surface area (Å²) in [5, 5.41) is 7.76. The van der Waals surface area contributed by atoms with E-state index in [9.17, 15) is 0 Å². The van der Waals surface area contributed by atoms with Gasteiger partial charge >= 0.3 is 0 Å². The number of fused-ring (bicyclic) bond motifs is 10. The lowest BCUT2D eigenvalue weighted by Crippen LogP contribution is -1.94. The van der Waals surface area contributed by atoms with Gasteiger partial charge in [-0.25, -0.2) is 4.98 Å². The van der Waals surface area contributed by atoms with Crippen molar-refractivity contribution in [2.24, 2.45) is 0 Å². The Morgan fingerprint density at radius 3 is 2.36 bits per heavy atom. The van der Waals surface area contributed by atoms with Crippen molar-refractivity contribution in [1.82, 2.24) is 9.55 Å². The van der Waals surface area contributed by atoms with Crippen LogP contribution in [0.3, 0.4) is 0 Å². The number of hydrogen-bond donors (Lipinski definition) is 0. The second kappa shape index (κ2) is 6.41. The van der Waals surface area contributed by atoms with Crippen LogP contribution in [0.15, 0.2) is 97.2 Å². The summed E-state index contributed by atoms with van der Waals surface area (Å²) in [4.78, 5) is 5.77. The molecule has 4 aromatic carbocycles. The van der Waals surface area contributed by atoms with E-state index in [0.29, 0.717) is 0 Å². The first-order valence-electron chi connectivity index (χ1n) is 11.0. The second-order valence-corrected chi connectivity index (χ2v) is 10.5. The van der Waals surface area contributed by atoms with Gasteiger partial charge in [0, 0.05) is 47.9 Å². The highest BCUT2D eigenvalue weighted by molar-refractivity contribution is 7.26. The van der Waals surface area contributed by atoms with E-state index in [1.54, 1.807) is 11.3 Å². The van der Waals surface area contributed by atoms with Gasteiger partial charge in [0.2, 0.25) is 0 Å². The molecular weight excluding hydrogens is 440 g/mol. The standard InChI is InChI=1S/C29H16N2S2/c1-3-11-22-17(7-1)19-14-15-25-26(21-10-6-16-30-29(21)33-25)27(19)31(22)23-12-5-9-20-18-8-2-4-13-24(18)32-28(20)23/h1-16H. The molecule has 0 saturated carbocycles. The Morgan fingerprint density at radius 1 is 0.576 bits per heavy atom. The lowest BCUT2D eigenvalue weighted by Gasteiger charge is -2.10. The summed E-state index contributed by atoms with van der Waals surface area (Å²) in [6.45, 7) is 0. The average molecular weight is 457 g/mol. The summed E-state index contributed by atoms with van der Waals surface area (Å²) in [7, 11) is 0. The Morgan fingerprint density at radius 2 is 1.39 bits per heavy atom. The fourth-order valence-electron chi connectivity index (χ4n) is 5.31. The number of pyridine rings is 1. The van der Waals surface area contributed by atoms with Crippen LogP contribution in [0, 0.1) is 0 Å². The van der Waals surface area contributed by atoms with Crippen molar-refractivity contribution >= 4 is 85.0 Å². The number of hydrogen-bond acceptors (Lipinski definition) is 3. The molecule has 0 unspecified atom stereocenters. The minimum Gasteiger partial charge on any atom is -0.307 e. The van der Waals surface area contributed by atoms with Crippen molar-refractivity contribution in [2.45, 2.75) is 0 Å². The Kier molecular flexibility index (Phi) is 3.45. The molecule has 4 heterocycles. The van der Waals surface area contributed by atoms with Crippen molar-refractivity contribution in [3.05, 3.63) is 97.2 Å². The van der Waals surface area contributed by atoms with Crippen molar-refractivity contribution in [3.8, 4) is 5.69 Å². The van der Waals surface area contributed by atoms with E-state index in [1.807, 2.05) is 23.6 Å². The predicted octanol–water partition coefficient (Wildman–Crippen LogP) is 8.91. The van der Waals surface area contributed by atoms with Crippen LogP contribution in [0.1, 0.15) is 0 Å². The number of benzene rings is 4. The van der Waals surface area contributed by atoms with Gasteiger partial charge in [-0.1, -0.05) is 54.6 Å². The Balaban J connectivity index is 1.66. The normalized spacial score (nSPS) is 12.2. The molecule has 8 aromatic rings. The fraction of sp³-hybridized carbons (Fsp3) is 0. The molecule has 0 bridgehead atoms. The topological polar surface area (TPSA) is 17.8 Å². The number of aromatic nitrogens is 2. The smallest absolute Gasteiger partial charge is 0.124 e. The zero-order valence-electron chi connectivity index (χ0n) is 17.4. The van der Waals surface area contributed by atoms with E-state index in [1.165, 1.54) is 63.1 Å². The van der Waals surface area contributed by atoms with Crippen molar-refractivity contribution in [3.63, 3.8) is 0 Å². The molecule has 0 spiro atoms. The quantitative estimate of drug-likeness (QED) is 0.241. The van der Waals surface area contributed by atoms with E-state index in [4.69, 9.17) is 0 Å². The average Bonchev–Trinajstić information content (AvgIpc) is 3.53. The summed E-state index contributed by atoms with van der Waals surface area (Å²) < 4.78 is 6.43. The monoisotopic (exact) mass is 456 g/mol. The number of nitrogens with zero attached hydrogens (tertiary/aromatic N) is 2. The first-order valence-corrected chi connectivity index (χ1v) is 12.6. The maximum atomic E-state index is 4.67. The van der Waals surface area contributed by atoms with Crippen molar-refractivity contribution < 1.29 is 0 Å². The number of para-hydroxylation sites is 1. The van der Waals surface area contributed by atoms with Crippen LogP contribution >= 0.6 is 22.7 Å². The molecule has 8 rings (SSSR count). The second-order valence-electron chi connectivity index (χ2n) is 8.40. The largest absolute Gasteiger partial charge is 0.307 e. The molecule has 33 heavy (non-hydrogen) atoms. The van der Waals surface area contributed by atoms with Gasteiger partial charge in [0.25, 0.3) is 0 Å². The molecule has 0 saturated heterocycles. The molecule has 4 aromatic heterocycles. The molecule has 0 fully saturated rings. The predicted molar refractivity (Wildman–Crippen MR) is 144 cm³/mol. The first kappa shape index (κ1) is 17.8. The summed E-state index contributed by atoms with van der Waals surface area (Å²) in [6, 6.07) is 33.1. The fourth-order valence-corrected chi connectivity index (χ4v) is 7.56. The van der Waals surface area contributed by atoms with Crippen molar-refractivity contribution in [2.75, 3.05) is 0 Å². The molecule has 0 N–H and O–H groups in total. The highest BCUT2D eigenvalue weighted by atomic mass is 32.1. The summed E-state index contributed by atoms with van der Waals surface area (Å²) in [5.74, 6) is 0. The molecule has 0 aliphatic heterocycles. The third-order valence-corrected chi connectivity index (χ3v) is 8.96. The van der Waals surface area contributed by atoms with E-state index >= 15 is 0 Å². The maximum Gasteiger partial charge on any atom is 0.124 e. The molecule has 0 aliphatic rings. The molecule has 2 nitrogen and oxygen atoms in total. The highest BCUT2D eigenvalue weighted by Crippen LogP contribution is 2.45. The van der Waals surface area contributed by atoms with Crippen LogP contribution in [-0.4, -0.2) is 9.55 Å². The number of thiophene rings is 2. The van der Waals surface area contributed by atoms with E-state index in [-0.39, 0.29) is 0 Å². The van der Waals surface area contributed by atoms with E-state index in [0.717, 1.165) is 4.83 Å². The van der Waals surface area contributed by atoms with Crippen LogP contribution in [0.25, 0.3) is 68.0 Å². The van der Waals surface area contributed by atoms with Gasteiger partial charge in [-0.2, -0.15) is 0 Å². The lowest BCUT2D eigenvalue weighted by molar-refractivity contribution is 1.21. The third kappa shape index (κ3) is 2.29. The molecule has 0 amide bonds. The van der Waals surface area contributed by atoms with Gasteiger partial charge in [-0.3, -0.25) is 0 Å². The summed E-state index contributed by atoms with van der Waals surface area (Å²) in [5.41, 5.74) is 3.77. The van der Waals surface area contributed by atoms with Crippen LogP contribution in [0.5, 0.6) is 0 Å². The number of rotatable bonds is 1. The third-order valence-electron chi connectivity index (χ3n) is 6.67. The van der Waals surface area contributed by atoms with Crippen LogP contribution < -0.4 is 0 Å². The Hall–Kier alpha value is -3.73. The van der Waals surface area contributed by atoms with Gasteiger partial charge < -0.3 is 4.57 Å². The summed E-state index contributed by atoms with van der Waals surface area (Å²) >= 11 is 3.66. The van der Waals surface area contributed by atoms with Crippen LogP contribution in [0.2, 0.25) is 0 Å². The molecule has 4 heteroatoms. The molecule has 154 valence electrons. The minimum atomic E-state index is 1.09. The maximum absolute atomic E-state index is 4.67. The molecule has 0 atom stereocenters. The lowest BCUT2D eigenvalue weighted by atomic mass is 10.1. The zero-order valence-corrected chi connectivity index (χ0v) is 19.1. The van der Waals surface area contributed by atoms with Crippen LogP contribution in [-0.2, 0) is 0 Å². The van der Waals surface area contributed by atoms with Crippen molar-refractivity contribution in [1.29, 1.82) is 0 Å². The SMILES string of the molecule is c1ccc2c(c1)sc1c(-n3c4ccccc4c4ccc5sc6ncccc6c5c43)cccc12. The van der Waals surface area contributed by atoms with Gasteiger partial charge in [-0.05, 0) is 36.4 Å². The van der Waals surface area contributed by atoms with Gasteiger partial charge in [0.05, 0.1) is 21.4 Å². The van der Waals surface area contributed by atoms with Crippen LogP contribution in [0.4, 0.5) is 0 Å². The van der Waals surface area contributed by atoms with E-state index < -0.39 is 0 Å². The Labute approximate surface area is 196 Å². The molecule has 0 radical (unpaired) electrons. The molecule has 0 aliphatic carbocycles. The van der Waals surface area contributed by atoms with Gasteiger partial charge in [0.1, 0.15) is 4.83 Å². The zero-order chi connectivity index (χ0) is 21.5. The Bertz CT molecular complexity index is 2040. The molecular formula is C29H16N2S2. The van der Waals surface area contributed by atoms with E-state index in [2.05, 4.69) is 94.5 Å².